The summed E-state index contributed by atoms with van der Waals surface area (Å²) >= 11 is 0. The molecule has 7 nitrogen and oxygen atoms in total. The Morgan fingerprint density at radius 1 is 1.07 bits per heavy atom. The second kappa shape index (κ2) is 6.84. The number of pyridine rings is 1. The van der Waals surface area contributed by atoms with Crippen LogP contribution >= 0.6 is 0 Å². The smallest absolute Gasteiger partial charge is 0.342 e. The molecule has 0 saturated carbocycles. The number of anilines is 1. The molecule has 1 atom stereocenters. The molecule has 1 aliphatic heterocycles. The van der Waals surface area contributed by atoms with Crippen molar-refractivity contribution in [1.29, 1.82) is 0 Å². The molecule has 2 aromatic carbocycles. The average molecular weight is 378 g/mol. The first-order valence-corrected chi connectivity index (χ1v) is 8.87. The van der Waals surface area contributed by atoms with Crippen molar-refractivity contribution in [2.75, 3.05) is 19.0 Å². The summed E-state index contributed by atoms with van der Waals surface area (Å²) < 4.78 is 11.6. The highest BCUT2D eigenvalue weighted by Gasteiger charge is 2.34. The van der Waals surface area contributed by atoms with Gasteiger partial charge < -0.3 is 14.8 Å². The number of rotatable bonds is 3. The molecule has 7 heteroatoms. The Labute approximate surface area is 160 Å². The van der Waals surface area contributed by atoms with Crippen LogP contribution in [0.5, 0.6) is 0 Å². The Hall–Kier alpha value is -3.61. The Morgan fingerprint density at radius 2 is 1.75 bits per heavy atom. The third-order valence-electron chi connectivity index (χ3n) is 4.78. The monoisotopic (exact) mass is 378 g/mol. The minimum Gasteiger partial charge on any atom is -0.467 e. The van der Waals surface area contributed by atoms with Gasteiger partial charge in [0, 0.05) is 16.3 Å². The van der Waals surface area contributed by atoms with E-state index in [1.165, 1.54) is 11.7 Å². The minimum absolute atomic E-state index is 0.183. The summed E-state index contributed by atoms with van der Waals surface area (Å²) in [5.74, 6) is -0.872. The first-order valence-electron chi connectivity index (χ1n) is 8.87. The van der Waals surface area contributed by atoms with Gasteiger partial charge in [-0.3, -0.25) is 9.36 Å². The van der Waals surface area contributed by atoms with Gasteiger partial charge in [0.05, 0.1) is 19.4 Å². The molecular weight excluding hydrogens is 360 g/mol. The lowest BCUT2D eigenvalue weighted by atomic mass is 9.98. The second-order valence-corrected chi connectivity index (χ2v) is 6.29. The average Bonchev–Trinajstić information content (AvgIpc) is 2.72. The highest BCUT2D eigenvalue weighted by molar-refractivity contribution is 6.09. The molecule has 0 amide bonds. The van der Waals surface area contributed by atoms with Crippen LogP contribution < -0.4 is 10.9 Å². The van der Waals surface area contributed by atoms with Gasteiger partial charge in [-0.25, -0.2) is 9.59 Å². The Morgan fingerprint density at radius 3 is 2.46 bits per heavy atom. The Bertz CT molecular complexity index is 1170. The van der Waals surface area contributed by atoms with Crippen molar-refractivity contribution >= 4 is 28.5 Å². The van der Waals surface area contributed by atoms with E-state index >= 15 is 0 Å². The van der Waals surface area contributed by atoms with Crippen LogP contribution in [0.3, 0.4) is 0 Å². The van der Waals surface area contributed by atoms with Crippen molar-refractivity contribution in [3.05, 3.63) is 70.0 Å². The number of aromatic nitrogens is 1. The van der Waals surface area contributed by atoms with Crippen molar-refractivity contribution in [1.82, 2.24) is 4.57 Å². The van der Waals surface area contributed by atoms with Gasteiger partial charge in [-0.05, 0) is 19.1 Å². The molecule has 0 aliphatic carbocycles. The molecule has 1 unspecified atom stereocenters. The topological polar surface area (TPSA) is 86.6 Å². The number of nitrogens with one attached hydrogen (secondary N) is 1. The van der Waals surface area contributed by atoms with Crippen molar-refractivity contribution in [2.24, 2.45) is 0 Å². The molecule has 1 aliphatic rings. The molecule has 0 saturated heterocycles. The summed E-state index contributed by atoms with van der Waals surface area (Å²) in [6.07, 6.45) is 0. The van der Waals surface area contributed by atoms with Crippen molar-refractivity contribution < 1.29 is 19.1 Å². The molecule has 0 spiro atoms. The molecule has 2 heterocycles. The molecule has 28 heavy (non-hydrogen) atoms. The number of para-hydroxylation sites is 1. The molecule has 0 fully saturated rings. The fourth-order valence-corrected chi connectivity index (χ4v) is 3.58. The largest absolute Gasteiger partial charge is 0.467 e. The van der Waals surface area contributed by atoms with Crippen LogP contribution in [0.4, 0.5) is 5.82 Å². The fourth-order valence-electron chi connectivity index (χ4n) is 3.58. The SMILES string of the molecule is CCOC(=O)c1c2n(c(=O)c3ccccc13)-c1ccccc1C(C(=O)OC)N2. The predicted molar refractivity (Wildman–Crippen MR) is 104 cm³/mol. The normalized spacial score (nSPS) is 14.6. The number of carbonyl (C=O) groups excluding carboxylic acids is 2. The molecule has 4 rings (SSSR count). The van der Waals surface area contributed by atoms with Crippen LogP contribution in [0.2, 0.25) is 0 Å². The van der Waals surface area contributed by atoms with E-state index in [9.17, 15) is 14.4 Å². The van der Waals surface area contributed by atoms with Gasteiger partial charge in [0.2, 0.25) is 0 Å². The third kappa shape index (κ3) is 2.55. The lowest BCUT2D eigenvalue weighted by Crippen LogP contribution is -2.35. The maximum absolute atomic E-state index is 13.3. The van der Waals surface area contributed by atoms with Crippen LogP contribution in [0.25, 0.3) is 16.5 Å². The van der Waals surface area contributed by atoms with Crippen LogP contribution in [0.15, 0.2) is 53.3 Å². The maximum Gasteiger partial charge on any atom is 0.342 e. The van der Waals surface area contributed by atoms with Crippen molar-refractivity contribution in [2.45, 2.75) is 13.0 Å². The number of methoxy groups -OCH3 is 1. The first-order chi connectivity index (χ1) is 13.6. The number of nitrogens with zero attached hydrogens (tertiary/aromatic N) is 1. The highest BCUT2D eigenvalue weighted by Crippen LogP contribution is 2.36. The molecule has 142 valence electrons. The molecule has 3 aromatic rings. The van der Waals surface area contributed by atoms with Gasteiger partial charge in [-0.2, -0.15) is 0 Å². The van der Waals surface area contributed by atoms with E-state index in [0.29, 0.717) is 22.0 Å². The highest BCUT2D eigenvalue weighted by atomic mass is 16.5. The second-order valence-electron chi connectivity index (χ2n) is 6.29. The van der Waals surface area contributed by atoms with Crippen molar-refractivity contribution in [3.63, 3.8) is 0 Å². The first kappa shape index (κ1) is 17.8. The van der Waals surface area contributed by atoms with E-state index in [2.05, 4.69) is 5.32 Å². The summed E-state index contributed by atoms with van der Waals surface area (Å²) in [4.78, 5) is 38.5. The number of benzene rings is 2. The zero-order chi connectivity index (χ0) is 19.8. The number of hydrogen-bond acceptors (Lipinski definition) is 6. The number of fused-ring (bicyclic) bond motifs is 4. The van der Waals surface area contributed by atoms with E-state index < -0.39 is 18.0 Å². The fraction of sp³-hybridized carbons (Fsp3) is 0.190. The van der Waals surface area contributed by atoms with Crippen molar-refractivity contribution in [3.8, 4) is 5.69 Å². The molecule has 1 N–H and O–H groups in total. The van der Waals surface area contributed by atoms with E-state index in [1.54, 1.807) is 55.5 Å². The summed E-state index contributed by atoms with van der Waals surface area (Å²) in [6.45, 7) is 1.89. The van der Waals surface area contributed by atoms with Gasteiger partial charge in [0.25, 0.3) is 5.56 Å². The zero-order valence-electron chi connectivity index (χ0n) is 15.4. The lowest BCUT2D eigenvalue weighted by Gasteiger charge is -2.30. The molecule has 1 aromatic heterocycles. The van der Waals surface area contributed by atoms with Gasteiger partial charge in [-0.1, -0.05) is 36.4 Å². The Kier molecular flexibility index (Phi) is 4.35. The quantitative estimate of drug-likeness (QED) is 0.706. The van der Waals surface area contributed by atoms with E-state index in [1.807, 2.05) is 0 Å². The minimum atomic E-state index is -0.852. The van der Waals surface area contributed by atoms with E-state index in [0.717, 1.165) is 0 Å². The van der Waals surface area contributed by atoms with Gasteiger partial charge in [0.1, 0.15) is 11.4 Å². The number of esters is 2. The zero-order valence-corrected chi connectivity index (χ0v) is 15.4. The molecular formula is C21H18N2O5. The number of hydrogen-bond donors (Lipinski definition) is 1. The van der Waals surface area contributed by atoms with E-state index in [-0.39, 0.29) is 23.5 Å². The number of carbonyl (C=O) groups is 2. The van der Waals surface area contributed by atoms with Crippen LogP contribution in [0.1, 0.15) is 28.9 Å². The Balaban J connectivity index is 2.13. The van der Waals surface area contributed by atoms with Crippen LogP contribution in [-0.4, -0.2) is 30.2 Å². The van der Waals surface area contributed by atoms with Crippen LogP contribution in [0, 0.1) is 0 Å². The molecule has 0 bridgehead atoms. The summed E-state index contributed by atoms with van der Waals surface area (Å²) in [6, 6.07) is 13.0. The third-order valence-corrected chi connectivity index (χ3v) is 4.78. The van der Waals surface area contributed by atoms with Crippen LogP contribution in [-0.2, 0) is 14.3 Å². The lowest BCUT2D eigenvalue weighted by molar-refractivity contribution is -0.141. The molecule has 0 radical (unpaired) electrons. The summed E-state index contributed by atoms with van der Waals surface area (Å²) in [5.41, 5.74) is 1.03. The maximum atomic E-state index is 13.3. The van der Waals surface area contributed by atoms with Gasteiger partial charge in [-0.15, -0.1) is 0 Å². The van der Waals surface area contributed by atoms with Gasteiger partial charge in [0.15, 0.2) is 6.04 Å². The number of ether oxygens (including phenoxy) is 2. The predicted octanol–water partition coefficient (Wildman–Crippen LogP) is 2.81. The standard InChI is InChI=1S/C21H18N2O5/c1-3-28-20(25)16-12-8-4-5-9-13(12)19(24)23-15-11-7-6-10-14(15)17(21(26)27-2)22-18(16)23/h4-11,17,22H,3H2,1-2H3. The summed E-state index contributed by atoms with van der Waals surface area (Å²) in [5, 5.41) is 3.89. The summed E-state index contributed by atoms with van der Waals surface area (Å²) in [7, 11) is 1.29. The van der Waals surface area contributed by atoms with E-state index in [4.69, 9.17) is 9.47 Å². The van der Waals surface area contributed by atoms with Gasteiger partial charge >= 0.3 is 11.9 Å².